The molecule has 9 nitrogen and oxygen atoms in total. The number of carbonyl (C=O) groups is 3. The van der Waals surface area contributed by atoms with Crippen LogP contribution in [0, 0.1) is 5.82 Å². The molecule has 4 amide bonds. The molecule has 0 atom stereocenters. The minimum absolute atomic E-state index is 0.128. The van der Waals surface area contributed by atoms with Crippen molar-refractivity contribution < 1.29 is 18.8 Å². The molecule has 1 aliphatic heterocycles. The van der Waals surface area contributed by atoms with E-state index in [0.29, 0.717) is 18.0 Å². The van der Waals surface area contributed by atoms with Crippen molar-refractivity contribution in [3.8, 4) is 5.69 Å². The topological polar surface area (TPSA) is 109 Å². The zero-order valence-corrected chi connectivity index (χ0v) is 16.2. The van der Waals surface area contributed by atoms with Crippen molar-refractivity contribution in [2.75, 3.05) is 5.75 Å². The Morgan fingerprint density at radius 1 is 1.24 bits per heavy atom. The Balaban J connectivity index is 1.39. The molecule has 2 fully saturated rings. The number of rotatable bonds is 5. The lowest BCUT2D eigenvalue weighted by atomic mass is 9.82. The van der Waals surface area contributed by atoms with Crippen molar-refractivity contribution in [3.63, 3.8) is 0 Å². The molecule has 1 aliphatic carbocycles. The quantitative estimate of drug-likeness (QED) is 0.566. The first-order valence-electron chi connectivity index (χ1n) is 9.24. The highest BCUT2D eigenvalue weighted by atomic mass is 32.2. The third-order valence-corrected chi connectivity index (χ3v) is 6.01. The molecule has 152 valence electrons. The van der Waals surface area contributed by atoms with Gasteiger partial charge in [-0.3, -0.25) is 19.6 Å². The molecule has 2 aliphatic rings. The highest BCUT2D eigenvalue weighted by Gasteiger charge is 2.52. The number of urea groups is 1. The first-order valence-corrected chi connectivity index (χ1v) is 10.2. The Morgan fingerprint density at radius 2 is 2.00 bits per heavy atom. The number of nitrogens with one attached hydrogen (secondary N) is 2. The molecule has 4 rings (SSSR count). The first-order chi connectivity index (χ1) is 14.0. The van der Waals surface area contributed by atoms with Crippen LogP contribution >= 0.6 is 11.8 Å². The summed E-state index contributed by atoms with van der Waals surface area (Å²) in [6, 6.07) is 5.51. The molecule has 0 bridgehead atoms. The maximum Gasteiger partial charge on any atom is 0.344 e. The molecule has 0 unspecified atom stereocenters. The fraction of sp³-hybridized carbons (Fsp3) is 0.389. The SMILES string of the molecule is O=C(CSc1nncn1-c1ccccc1F)NN1C(=O)NC2(CCCCC2)C1=O. The lowest BCUT2D eigenvalue weighted by Crippen LogP contribution is -2.51. The normalized spacial score (nSPS) is 18.2. The standard InChI is InChI=1S/C18H19FN6O3S/c19-12-6-2-3-7-13(12)24-11-20-22-17(24)29-10-14(26)23-25-15(27)18(21-16(25)28)8-4-1-5-9-18/h2-3,6-7,11H,1,4-5,8-10H2,(H,21,28)(H,23,26). The van der Waals surface area contributed by atoms with Crippen LogP contribution in [-0.4, -0.2) is 48.9 Å². The summed E-state index contributed by atoms with van der Waals surface area (Å²) in [7, 11) is 0. The molecule has 2 aromatic rings. The van der Waals surface area contributed by atoms with Crippen LogP contribution in [-0.2, 0) is 9.59 Å². The summed E-state index contributed by atoms with van der Waals surface area (Å²) in [4.78, 5) is 37.2. The Kier molecular flexibility index (Phi) is 5.22. The zero-order chi connectivity index (χ0) is 20.4. The summed E-state index contributed by atoms with van der Waals surface area (Å²) in [5, 5.41) is 11.5. The zero-order valence-electron chi connectivity index (χ0n) is 15.4. The van der Waals surface area contributed by atoms with Gasteiger partial charge < -0.3 is 5.32 Å². The number of imide groups is 1. The van der Waals surface area contributed by atoms with Crippen molar-refractivity contribution in [3.05, 3.63) is 36.4 Å². The van der Waals surface area contributed by atoms with E-state index in [1.54, 1.807) is 18.2 Å². The fourth-order valence-corrected chi connectivity index (χ4v) is 4.35. The molecule has 11 heteroatoms. The van der Waals surface area contributed by atoms with Gasteiger partial charge >= 0.3 is 6.03 Å². The van der Waals surface area contributed by atoms with Gasteiger partial charge in [0.25, 0.3) is 5.91 Å². The summed E-state index contributed by atoms with van der Waals surface area (Å²) in [5.41, 5.74) is 1.72. The highest BCUT2D eigenvalue weighted by Crippen LogP contribution is 2.33. The molecule has 0 radical (unpaired) electrons. The van der Waals surface area contributed by atoms with Gasteiger partial charge in [0, 0.05) is 0 Å². The van der Waals surface area contributed by atoms with Crippen LogP contribution in [0.15, 0.2) is 35.7 Å². The number of thioether (sulfide) groups is 1. The molecular weight excluding hydrogens is 399 g/mol. The van der Waals surface area contributed by atoms with Crippen molar-refractivity contribution in [1.82, 2.24) is 30.5 Å². The number of hydrogen-bond acceptors (Lipinski definition) is 6. The van der Waals surface area contributed by atoms with E-state index >= 15 is 0 Å². The number of hydrazine groups is 1. The maximum absolute atomic E-state index is 14.0. The number of carbonyl (C=O) groups excluding carboxylic acids is 3. The van der Waals surface area contributed by atoms with E-state index < -0.39 is 29.2 Å². The van der Waals surface area contributed by atoms with Crippen LogP contribution in [0.25, 0.3) is 5.69 Å². The summed E-state index contributed by atoms with van der Waals surface area (Å²) in [5.74, 6) is -1.54. The van der Waals surface area contributed by atoms with E-state index in [-0.39, 0.29) is 11.4 Å². The number of amides is 4. The Labute approximate surface area is 170 Å². The van der Waals surface area contributed by atoms with E-state index in [2.05, 4.69) is 20.9 Å². The maximum atomic E-state index is 14.0. The number of benzene rings is 1. The third-order valence-electron chi connectivity index (χ3n) is 5.07. The molecule has 1 saturated carbocycles. The van der Waals surface area contributed by atoms with Gasteiger partial charge in [-0.25, -0.2) is 9.18 Å². The predicted molar refractivity (Wildman–Crippen MR) is 101 cm³/mol. The molecule has 1 saturated heterocycles. The Bertz CT molecular complexity index is 959. The van der Waals surface area contributed by atoms with E-state index in [4.69, 9.17) is 0 Å². The molecular formula is C18H19FN6O3S. The lowest BCUT2D eigenvalue weighted by Gasteiger charge is -2.30. The van der Waals surface area contributed by atoms with E-state index in [0.717, 1.165) is 36.0 Å². The molecule has 1 aromatic carbocycles. The van der Waals surface area contributed by atoms with Crippen LogP contribution < -0.4 is 10.7 Å². The number of nitrogens with zero attached hydrogens (tertiary/aromatic N) is 4. The number of halogens is 1. The van der Waals surface area contributed by atoms with Crippen molar-refractivity contribution in [2.45, 2.75) is 42.8 Å². The lowest BCUT2D eigenvalue weighted by molar-refractivity contribution is -0.139. The van der Waals surface area contributed by atoms with E-state index in [1.807, 2.05) is 0 Å². The molecule has 29 heavy (non-hydrogen) atoms. The van der Waals surface area contributed by atoms with Gasteiger partial charge in [0.05, 0.1) is 11.4 Å². The summed E-state index contributed by atoms with van der Waals surface area (Å²) >= 11 is 1.02. The summed E-state index contributed by atoms with van der Waals surface area (Å²) in [6.07, 6.45) is 5.24. The average molecular weight is 418 g/mol. The van der Waals surface area contributed by atoms with E-state index in [9.17, 15) is 18.8 Å². The second kappa shape index (κ2) is 7.82. The summed E-state index contributed by atoms with van der Waals surface area (Å²) in [6.45, 7) is 0. The minimum atomic E-state index is -0.902. The van der Waals surface area contributed by atoms with Crippen molar-refractivity contribution in [2.24, 2.45) is 0 Å². The second-order valence-corrected chi connectivity index (χ2v) is 7.91. The largest absolute Gasteiger partial charge is 0.344 e. The van der Waals surface area contributed by atoms with Gasteiger partial charge in [-0.15, -0.1) is 10.2 Å². The van der Waals surface area contributed by atoms with E-state index in [1.165, 1.54) is 17.0 Å². The smallest absolute Gasteiger partial charge is 0.322 e. The molecule has 2 N–H and O–H groups in total. The number of aromatic nitrogens is 3. The van der Waals surface area contributed by atoms with Gasteiger partial charge in [-0.05, 0) is 25.0 Å². The predicted octanol–water partition coefficient (Wildman–Crippen LogP) is 1.78. The van der Waals surface area contributed by atoms with Crippen LogP contribution in [0.5, 0.6) is 0 Å². The van der Waals surface area contributed by atoms with Gasteiger partial charge in [-0.1, -0.05) is 43.2 Å². The van der Waals surface area contributed by atoms with Gasteiger partial charge in [0.15, 0.2) is 5.16 Å². The molecule has 1 spiro atoms. The molecule has 1 aromatic heterocycles. The first kappa shape index (κ1) is 19.4. The van der Waals surface area contributed by atoms with Crippen LogP contribution in [0.3, 0.4) is 0 Å². The van der Waals surface area contributed by atoms with Gasteiger partial charge in [0.2, 0.25) is 5.91 Å². The van der Waals surface area contributed by atoms with Crippen LogP contribution in [0.2, 0.25) is 0 Å². The minimum Gasteiger partial charge on any atom is -0.322 e. The van der Waals surface area contributed by atoms with Crippen LogP contribution in [0.1, 0.15) is 32.1 Å². The highest BCUT2D eigenvalue weighted by molar-refractivity contribution is 7.99. The monoisotopic (exact) mass is 418 g/mol. The Morgan fingerprint density at radius 3 is 2.76 bits per heavy atom. The number of hydrogen-bond donors (Lipinski definition) is 2. The Hall–Kier alpha value is -2.95. The van der Waals surface area contributed by atoms with Gasteiger partial charge in [0.1, 0.15) is 17.7 Å². The second-order valence-electron chi connectivity index (χ2n) is 6.97. The van der Waals surface area contributed by atoms with Crippen molar-refractivity contribution in [1.29, 1.82) is 0 Å². The number of para-hydroxylation sites is 1. The average Bonchev–Trinajstić information content (AvgIpc) is 3.26. The fourth-order valence-electron chi connectivity index (χ4n) is 3.64. The van der Waals surface area contributed by atoms with Crippen LogP contribution in [0.4, 0.5) is 9.18 Å². The third kappa shape index (κ3) is 3.69. The summed E-state index contributed by atoms with van der Waals surface area (Å²) < 4.78 is 15.4. The molecule has 2 heterocycles. The van der Waals surface area contributed by atoms with Crippen molar-refractivity contribution >= 4 is 29.6 Å². The van der Waals surface area contributed by atoms with Gasteiger partial charge in [-0.2, -0.15) is 5.01 Å².